The van der Waals surface area contributed by atoms with E-state index in [1.807, 2.05) is 82.6 Å². The molecule has 7 aromatic rings. The Hall–Kier alpha value is -7.61. The number of H-pyrrole nitrogens is 1. The third kappa shape index (κ3) is 7.62. The molecule has 5 aliphatic rings. The molecular weight excluding hydrogens is 863 g/mol. The maximum absolute atomic E-state index is 14.1. The largest absolute Gasteiger partial charge is 0.377 e. The molecule has 1 aliphatic carbocycles. The summed E-state index contributed by atoms with van der Waals surface area (Å²) in [5, 5.41) is 32.0. The number of aromatic nitrogens is 2. The lowest BCUT2D eigenvalue weighted by atomic mass is 9.75. The predicted molar refractivity (Wildman–Crippen MR) is 267 cm³/mol. The van der Waals surface area contributed by atoms with E-state index in [4.69, 9.17) is 5.10 Å². The molecule has 69 heavy (non-hydrogen) atoms. The molecule has 346 valence electrons. The molecule has 1 saturated carbocycles. The highest BCUT2D eigenvalue weighted by molar-refractivity contribution is 6.13. The van der Waals surface area contributed by atoms with Gasteiger partial charge in [-0.2, -0.15) is 10.2 Å². The molecule has 2 fully saturated rings. The summed E-state index contributed by atoms with van der Waals surface area (Å²) in [4.78, 5) is 46.9. The third-order valence-electron chi connectivity index (χ3n) is 14.8. The molecule has 2 amide bonds. The molecule has 13 nitrogen and oxygen atoms in total. The number of rotatable bonds is 9. The van der Waals surface area contributed by atoms with Gasteiger partial charge in [0.1, 0.15) is 0 Å². The Kier molecular flexibility index (Phi) is 10.6. The molecule has 12 rings (SSSR count). The molecule has 1 saturated heterocycles. The van der Waals surface area contributed by atoms with Crippen LogP contribution in [0, 0.1) is 5.92 Å². The van der Waals surface area contributed by atoms with Crippen molar-refractivity contribution in [3.05, 3.63) is 206 Å². The molecule has 0 radical (unpaired) electrons. The van der Waals surface area contributed by atoms with Gasteiger partial charge in [0.15, 0.2) is 6.23 Å². The number of hydrazone groups is 1. The van der Waals surface area contributed by atoms with Gasteiger partial charge >= 0.3 is 0 Å². The van der Waals surface area contributed by atoms with Gasteiger partial charge in [0, 0.05) is 72.1 Å². The van der Waals surface area contributed by atoms with E-state index < -0.39 is 6.23 Å². The molecular formula is C56H53N9O4. The van der Waals surface area contributed by atoms with Gasteiger partial charge in [-0.1, -0.05) is 109 Å². The van der Waals surface area contributed by atoms with Crippen molar-refractivity contribution in [1.82, 2.24) is 30.3 Å². The number of aliphatic hydroxyl groups is 1. The monoisotopic (exact) mass is 915 g/mol. The summed E-state index contributed by atoms with van der Waals surface area (Å²) in [5.74, 6) is -0.285. The molecule has 6 aromatic carbocycles. The van der Waals surface area contributed by atoms with Crippen molar-refractivity contribution in [2.24, 2.45) is 11.0 Å². The van der Waals surface area contributed by atoms with Crippen molar-refractivity contribution < 1.29 is 14.7 Å². The number of nitrogens with one attached hydrogen (secondary N) is 4. The summed E-state index contributed by atoms with van der Waals surface area (Å²) < 4.78 is 0. The molecule has 4 aliphatic heterocycles. The number of carbonyl (C=O) groups is 2. The van der Waals surface area contributed by atoms with Crippen molar-refractivity contribution in [3.63, 3.8) is 0 Å². The SMILES string of the molecule is CN(C)Cc1cccc(C2C3=NNC(O)c4cccc(c43)NC2c2cccc(C3C[C@@H]3C(=O)N3CCN(C(=O)c4ccc(C5c6n[nH]c(=O)c7cccc(c67)NC5c5ccccc5)cc4)CC3)c2)c1. The summed E-state index contributed by atoms with van der Waals surface area (Å²) in [6.45, 7) is 2.70. The first-order valence-electron chi connectivity index (χ1n) is 23.9. The van der Waals surface area contributed by atoms with Gasteiger partial charge in [0.2, 0.25) is 5.91 Å². The normalized spacial score (nSPS) is 23.3. The van der Waals surface area contributed by atoms with E-state index in [1.165, 1.54) is 5.56 Å². The molecule has 7 atom stereocenters. The van der Waals surface area contributed by atoms with Gasteiger partial charge < -0.3 is 30.4 Å². The number of amides is 2. The van der Waals surface area contributed by atoms with Crippen LogP contribution < -0.4 is 21.6 Å². The first-order chi connectivity index (χ1) is 33.7. The Morgan fingerprint density at radius 2 is 1.38 bits per heavy atom. The lowest BCUT2D eigenvalue weighted by molar-refractivity contribution is -0.134. The minimum absolute atomic E-state index is 0.0601. The van der Waals surface area contributed by atoms with Gasteiger partial charge in [-0.05, 0) is 90.1 Å². The van der Waals surface area contributed by atoms with E-state index in [-0.39, 0.29) is 53.1 Å². The van der Waals surface area contributed by atoms with E-state index in [0.29, 0.717) is 37.1 Å². The van der Waals surface area contributed by atoms with E-state index in [9.17, 15) is 19.5 Å². The van der Waals surface area contributed by atoms with Crippen LogP contribution >= 0.6 is 0 Å². The van der Waals surface area contributed by atoms with Crippen LogP contribution in [-0.4, -0.2) is 87.8 Å². The number of aromatic amines is 1. The van der Waals surface area contributed by atoms with Gasteiger partial charge in [-0.25, -0.2) is 5.10 Å². The van der Waals surface area contributed by atoms with Crippen LogP contribution in [0.5, 0.6) is 0 Å². The van der Waals surface area contributed by atoms with Crippen molar-refractivity contribution in [3.8, 4) is 0 Å². The zero-order valence-electron chi connectivity index (χ0n) is 38.5. The smallest absolute Gasteiger partial charge is 0.272 e. The third-order valence-corrected chi connectivity index (χ3v) is 14.8. The fourth-order valence-corrected chi connectivity index (χ4v) is 11.5. The zero-order valence-corrected chi connectivity index (χ0v) is 38.5. The highest BCUT2D eigenvalue weighted by atomic mass is 16.3. The molecule has 13 heteroatoms. The fraction of sp³-hybridized carbons (Fsp3) is 0.268. The van der Waals surface area contributed by atoms with Crippen molar-refractivity contribution in [1.29, 1.82) is 0 Å². The Bertz CT molecular complexity index is 3240. The average molecular weight is 916 g/mol. The highest BCUT2D eigenvalue weighted by Gasteiger charge is 2.47. The lowest BCUT2D eigenvalue weighted by Crippen LogP contribution is -2.51. The standard InChI is InChI=1S/C56H53N9O4/c1-63(2)31-32-10-6-14-37(28-32)46-50(58-44-19-9-17-40-48(44)52(46)60-62-54(40)67)38-15-7-13-36(29-38)41-30-42(41)56(69)65-26-24-64(25-27-65)55(68)35-22-20-33(21-23-35)45-49(34-11-4-3-5-12-34)57-43-18-8-16-39-47(43)51(45)59-61-53(39)66/h3-23,28-29,41-42,45-46,49-50,54,57-58,62,67H,24-27,30-31H2,1-2H3,(H,61,66)/t41?,42-,45?,46?,49?,50?,54?/m0/s1. The predicted octanol–water partition coefficient (Wildman–Crippen LogP) is 7.62. The minimum Gasteiger partial charge on any atom is -0.377 e. The lowest BCUT2D eigenvalue weighted by Gasteiger charge is -2.40. The number of anilines is 2. The summed E-state index contributed by atoms with van der Waals surface area (Å²) in [7, 11) is 4.14. The van der Waals surface area contributed by atoms with E-state index >= 15 is 0 Å². The van der Waals surface area contributed by atoms with Gasteiger partial charge in [0.25, 0.3) is 11.5 Å². The average Bonchev–Trinajstić information content (AvgIpc) is 4.19. The van der Waals surface area contributed by atoms with E-state index in [0.717, 1.165) is 80.1 Å². The van der Waals surface area contributed by atoms with Crippen LogP contribution in [0.15, 0.2) is 149 Å². The Balaban J connectivity index is 0.735. The molecule has 1 aromatic heterocycles. The molecule has 5 heterocycles. The topological polar surface area (TPSA) is 158 Å². The van der Waals surface area contributed by atoms with Crippen LogP contribution in [0.3, 0.4) is 0 Å². The number of aliphatic hydroxyl groups excluding tert-OH is 1. The number of piperazine rings is 1. The molecule has 0 spiro atoms. The van der Waals surface area contributed by atoms with Crippen LogP contribution in [-0.2, 0) is 11.3 Å². The first kappa shape index (κ1) is 42.7. The van der Waals surface area contributed by atoms with Crippen LogP contribution in [0.25, 0.3) is 10.8 Å². The van der Waals surface area contributed by atoms with E-state index in [1.54, 1.807) is 0 Å². The zero-order chi connectivity index (χ0) is 46.9. The van der Waals surface area contributed by atoms with Crippen molar-refractivity contribution >= 4 is 39.7 Å². The maximum atomic E-state index is 14.1. The molecule has 6 unspecified atom stereocenters. The highest BCUT2D eigenvalue weighted by Crippen LogP contribution is 2.51. The number of carbonyl (C=O) groups excluding carboxylic acids is 2. The second-order valence-electron chi connectivity index (χ2n) is 19.4. The maximum Gasteiger partial charge on any atom is 0.272 e. The van der Waals surface area contributed by atoms with Gasteiger partial charge in [0.05, 0.1) is 40.7 Å². The minimum atomic E-state index is -0.888. The second-order valence-corrected chi connectivity index (χ2v) is 19.4. The summed E-state index contributed by atoms with van der Waals surface area (Å²) in [5.41, 5.74) is 15.2. The Morgan fingerprint density at radius 3 is 2.19 bits per heavy atom. The van der Waals surface area contributed by atoms with Crippen LogP contribution in [0.2, 0.25) is 0 Å². The van der Waals surface area contributed by atoms with Crippen molar-refractivity contribution in [2.45, 2.75) is 49.0 Å². The van der Waals surface area contributed by atoms with Gasteiger partial charge in [-0.3, -0.25) is 19.8 Å². The van der Waals surface area contributed by atoms with Crippen LogP contribution in [0.4, 0.5) is 11.4 Å². The summed E-state index contributed by atoms with van der Waals surface area (Å²) in [6.07, 6.45) is -0.101. The fourth-order valence-electron chi connectivity index (χ4n) is 11.5. The quantitative estimate of drug-likeness (QED) is 0.0983. The van der Waals surface area contributed by atoms with Crippen molar-refractivity contribution in [2.75, 3.05) is 50.9 Å². The first-order valence-corrected chi connectivity index (χ1v) is 23.9. The number of hydrogen-bond donors (Lipinski definition) is 5. The summed E-state index contributed by atoms with van der Waals surface area (Å²) >= 11 is 0. The second kappa shape index (κ2) is 17.2. The number of benzene rings is 6. The Labute approximate surface area is 399 Å². The molecule has 5 N–H and O–H groups in total. The summed E-state index contributed by atoms with van der Waals surface area (Å²) in [6, 6.07) is 46.7. The number of nitrogens with zero attached hydrogens (tertiary/aromatic N) is 5. The Morgan fingerprint density at radius 1 is 0.696 bits per heavy atom. The molecule has 0 bridgehead atoms. The van der Waals surface area contributed by atoms with E-state index in [2.05, 4.69) is 112 Å². The number of hydrogen-bond acceptors (Lipinski definition) is 10. The van der Waals surface area contributed by atoms with Crippen LogP contribution in [0.1, 0.15) is 103 Å². The van der Waals surface area contributed by atoms with Gasteiger partial charge in [-0.15, -0.1) is 0 Å².